The maximum Gasteiger partial charge on any atom is 0.103 e. The molecule has 0 aliphatic rings. The maximum absolute atomic E-state index is 8.79. The highest BCUT2D eigenvalue weighted by Crippen LogP contribution is 2.08. The summed E-state index contributed by atoms with van der Waals surface area (Å²) >= 11 is 0. The first-order chi connectivity index (χ1) is 7.31. The van der Waals surface area contributed by atoms with Gasteiger partial charge in [0.25, 0.3) is 0 Å². The van der Waals surface area contributed by atoms with Crippen LogP contribution in [-0.4, -0.2) is 9.78 Å². The van der Waals surface area contributed by atoms with Crippen molar-refractivity contribution in [2.45, 2.75) is 13.5 Å². The lowest BCUT2D eigenvalue weighted by Crippen LogP contribution is -2.03. The number of nitriles is 1. The fourth-order valence-corrected chi connectivity index (χ4v) is 1.47. The third kappa shape index (κ3) is 1.89. The van der Waals surface area contributed by atoms with Crippen molar-refractivity contribution < 1.29 is 0 Å². The van der Waals surface area contributed by atoms with Crippen molar-refractivity contribution in [2.24, 2.45) is 0 Å². The molecule has 0 aliphatic heterocycles. The zero-order chi connectivity index (χ0) is 10.7. The van der Waals surface area contributed by atoms with E-state index >= 15 is 0 Å². The van der Waals surface area contributed by atoms with Gasteiger partial charge in [-0.3, -0.25) is 4.68 Å². The van der Waals surface area contributed by atoms with Gasteiger partial charge in [-0.1, -0.05) is 30.3 Å². The van der Waals surface area contributed by atoms with Gasteiger partial charge in [0.05, 0.1) is 24.0 Å². The Morgan fingerprint density at radius 3 is 2.67 bits per heavy atom. The average molecular weight is 197 g/mol. The molecule has 0 saturated heterocycles. The molecule has 1 aromatic carbocycles. The van der Waals surface area contributed by atoms with Crippen molar-refractivity contribution in [2.75, 3.05) is 0 Å². The van der Waals surface area contributed by atoms with Crippen LogP contribution in [0.25, 0.3) is 0 Å². The van der Waals surface area contributed by atoms with Crippen molar-refractivity contribution in [3.63, 3.8) is 0 Å². The van der Waals surface area contributed by atoms with Crippen LogP contribution in [-0.2, 0) is 6.54 Å². The van der Waals surface area contributed by atoms with E-state index in [0.717, 1.165) is 5.69 Å². The topological polar surface area (TPSA) is 41.6 Å². The molecule has 0 atom stereocenters. The Morgan fingerprint density at radius 2 is 2.07 bits per heavy atom. The molecule has 2 rings (SSSR count). The number of rotatable bonds is 2. The molecule has 15 heavy (non-hydrogen) atoms. The fraction of sp³-hybridized carbons (Fsp3) is 0.167. The molecule has 74 valence electrons. The molecule has 0 aliphatic carbocycles. The molecule has 0 spiro atoms. The van der Waals surface area contributed by atoms with Crippen LogP contribution in [0.2, 0.25) is 0 Å². The predicted molar refractivity (Wildman–Crippen MR) is 57.2 cm³/mol. The normalized spacial score (nSPS) is 9.87. The molecule has 0 unspecified atom stereocenters. The van der Waals surface area contributed by atoms with Gasteiger partial charge in [-0.05, 0) is 12.5 Å². The Morgan fingerprint density at radius 1 is 1.33 bits per heavy atom. The maximum atomic E-state index is 8.79. The minimum absolute atomic E-state index is 0.644. The number of hydrogen-bond acceptors (Lipinski definition) is 2. The molecule has 2 aromatic rings. The summed E-state index contributed by atoms with van der Waals surface area (Å²) in [6.07, 6.45) is 1.61. The van der Waals surface area contributed by atoms with Crippen molar-refractivity contribution in [3.8, 4) is 6.07 Å². The summed E-state index contributed by atoms with van der Waals surface area (Å²) in [4.78, 5) is 0. The summed E-state index contributed by atoms with van der Waals surface area (Å²) in [6.45, 7) is 2.63. The number of hydrogen-bond donors (Lipinski definition) is 0. The van der Waals surface area contributed by atoms with Gasteiger partial charge < -0.3 is 0 Å². The van der Waals surface area contributed by atoms with Crippen LogP contribution < -0.4 is 0 Å². The smallest absolute Gasteiger partial charge is 0.103 e. The van der Waals surface area contributed by atoms with E-state index in [2.05, 4.69) is 11.2 Å². The lowest BCUT2D eigenvalue weighted by Gasteiger charge is -2.03. The van der Waals surface area contributed by atoms with Crippen LogP contribution in [0.4, 0.5) is 0 Å². The quantitative estimate of drug-likeness (QED) is 0.739. The second kappa shape index (κ2) is 3.97. The number of aromatic nitrogens is 2. The van der Waals surface area contributed by atoms with E-state index < -0.39 is 0 Å². The first kappa shape index (κ1) is 9.47. The predicted octanol–water partition coefficient (Wildman–Crippen LogP) is 2.11. The van der Waals surface area contributed by atoms with E-state index in [4.69, 9.17) is 5.26 Å². The summed E-state index contributed by atoms with van der Waals surface area (Å²) in [6, 6.07) is 12.2. The SMILES string of the molecule is Cc1c(C#N)cnn1Cc1ccccc1. The molecule has 1 aromatic heterocycles. The Kier molecular flexibility index (Phi) is 2.51. The lowest BCUT2D eigenvalue weighted by atomic mass is 10.2. The van der Waals surface area contributed by atoms with Crippen LogP contribution in [0.5, 0.6) is 0 Å². The first-order valence-electron chi connectivity index (χ1n) is 4.77. The highest BCUT2D eigenvalue weighted by atomic mass is 15.3. The van der Waals surface area contributed by atoms with Gasteiger partial charge in [0.2, 0.25) is 0 Å². The molecule has 3 nitrogen and oxygen atoms in total. The van der Waals surface area contributed by atoms with E-state index in [1.807, 2.05) is 41.9 Å². The zero-order valence-corrected chi connectivity index (χ0v) is 8.51. The van der Waals surface area contributed by atoms with E-state index in [9.17, 15) is 0 Å². The van der Waals surface area contributed by atoms with Gasteiger partial charge in [0, 0.05) is 0 Å². The third-order valence-electron chi connectivity index (χ3n) is 2.40. The van der Waals surface area contributed by atoms with Crippen LogP contribution in [0.15, 0.2) is 36.5 Å². The Labute approximate surface area is 88.6 Å². The molecule has 1 heterocycles. The van der Waals surface area contributed by atoms with Gasteiger partial charge in [-0.15, -0.1) is 0 Å². The van der Waals surface area contributed by atoms with Crippen molar-refractivity contribution in [3.05, 3.63) is 53.3 Å². The zero-order valence-electron chi connectivity index (χ0n) is 8.51. The van der Waals surface area contributed by atoms with E-state index in [1.54, 1.807) is 6.20 Å². The van der Waals surface area contributed by atoms with Crippen LogP contribution in [0, 0.1) is 18.3 Å². The average Bonchev–Trinajstić information content (AvgIpc) is 2.62. The summed E-state index contributed by atoms with van der Waals surface area (Å²) in [5.74, 6) is 0. The largest absolute Gasteiger partial charge is 0.264 e. The second-order valence-electron chi connectivity index (χ2n) is 3.40. The fourth-order valence-electron chi connectivity index (χ4n) is 1.47. The summed E-state index contributed by atoms with van der Waals surface area (Å²) in [5, 5.41) is 13.0. The molecular weight excluding hydrogens is 186 g/mol. The molecule has 0 N–H and O–H groups in total. The molecule has 0 radical (unpaired) electrons. The first-order valence-corrected chi connectivity index (χ1v) is 4.77. The number of nitrogens with zero attached hydrogens (tertiary/aromatic N) is 3. The van der Waals surface area contributed by atoms with Crippen molar-refractivity contribution in [1.82, 2.24) is 9.78 Å². The van der Waals surface area contributed by atoms with Crippen LogP contribution >= 0.6 is 0 Å². The van der Waals surface area contributed by atoms with E-state index in [1.165, 1.54) is 5.56 Å². The highest BCUT2D eigenvalue weighted by Gasteiger charge is 2.05. The minimum atomic E-state index is 0.644. The third-order valence-corrected chi connectivity index (χ3v) is 2.40. The van der Waals surface area contributed by atoms with Gasteiger partial charge in [-0.2, -0.15) is 10.4 Å². The molecule has 0 fully saturated rings. The standard InChI is InChI=1S/C12H11N3/c1-10-12(7-13)8-14-15(10)9-11-5-3-2-4-6-11/h2-6,8H,9H2,1H3. The van der Waals surface area contributed by atoms with Gasteiger partial charge in [0.1, 0.15) is 6.07 Å². The molecular formula is C12H11N3. The molecule has 3 heteroatoms. The van der Waals surface area contributed by atoms with Gasteiger partial charge in [0.15, 0.2) is 0 Å². The van der Waals surface area contributed by atoms with Crippen molar-refractivity contribution in [1.29, 1.82) is 5.26 Å². The minimum Gasteiger partial charge on any atom is -0.264 e. The Balaban J connectivity index is 2.26. The summed E-state index contributed by atoms with van der Waals surface area (Å²) in [5.41, 5.74) is 2.75. The van der Waals surface area contributed by atoms with Crippen LogP contribution in [0.3, 0.4) is 0 Å². The van der Waals surface area contributed by atoms with E-state index in [0.29, 0.717) is 12.1 Å². The number of benzene rings is 1. The summed E-state index contributed by atoms with van der Waals surface area (Å²) < 4.78 is 1.84. The highest BCUT2D eigenvalue weighted by molar-refractivity contribution is 5.30. The lowest BCUT2D eigenvalue weighted by molar-refractivity contribution is 0.665. The molecule has 0 bridgehead atoms. The molecule has 0 amide bonds. The monoisotopic (exact) mass is 197 g/mol. The Hall–Kier alpha value is -2.08. The summed E-state index contributed by atoms with van der Waals surface area (Å²) in [7, 11) is 0. The van der Waals surface area contributed by atoms with Crippen molar-refractivity contribution >= 4 is 0 Å². The van der Waals surface area contributed by atoms with Crippen LogP contribution in [0.1, 0.15) is 16.8 Å². The Bertz CT molecular complexity index is 491. The van der Waals surface area contributed by atoms with Gasteiger partial charge >= 0.3 is 0 Å². The molecule has 0 saturated carbocycles. The van der Waals surface area contributed by atoms with Gasteiger partial charge in [-0.25, -0.2) is 0 Å². The van der Waals surface area contributed by atoms with E-state index in [-0.39, 0.29) is 0 Å². The second-order valence-corrected chi connectivity index (χ2v) is 3.40.